The van der Waals surface area contributed by atoms with Crippen LogP contribution in [0.4, 0.5) is 11.4 Å². The molecule has 94 valence electrons. The molecule has 0 saturated carbocycles. The topological polar surface area (TPSA) is 15.3 Å². The summed E-state index contributed by atoms with van der Waals surface area (Å²) in [6, 6.07) is 6.84. The highest BCUT2D eigenvalue weighted by molar-refractivity contribution is 5.63. The van der Waals surface area contributed by atoms with Crippen molar-refractivity contribution in [2.24, 2.45) is 5.92 Å². The zero-order valence-electron chi connectivity index (χ0n) is 11.3. The molecule has 0 amide bonds. The molecule has 0 saturated heterocycles. The average molecular weight is 232 g/mol. The summed E-state index contributed by atoms with van der Waals surface area (Å²) in [6.45, 7) is 6.81. The second-order valence-electron chi connectivity index (χ2n) is 5.48. The SMILES string of the molecule is CC(C)CCN(C)c1ccc2c(c1)NCCC2. The summed E-state index contributed by atoms with van der Waals surface area (Å²) < 4.78 is 0. The number of aryl methyl sites for hydroxylation is 1. The molecule has 2 nitrogen and oxygen atoms in total. The predicted octanol–water partition coefficient (Wildman–Crippen LogP) is 3.53. The van der Waals surface area contributed by atoms with Crippen LogP contribution in [0.25, 0.3) is 0 Å². The Morgan fingerprint density at radius 2 is 2.18 bits per heavy atom. The number of benzene rings is 1. The van der Waals surface area contributed by atoms with Crippen LogP contribution in [-0.4, -0.2) is 20.1 Å². The van der Waals surface area contributed by atoms with Gasteiger partial charge in [-0.05, 0) is 42.9 Å². The van der Waals surface area contributed by atoms with E-state index < -0.39 is 0 Å². The third-order valence-electron chi connectivity index (χ3n) is 3.51. The molecular formula is C15H24N2. The van der Waals surface area contributed by atoms with Gasteiger partial charge in [-0.25, -0.2) is 0 Å². The van der Waals surface area contributed by atoms with Gasteiger partial charge in [-0.2, -0.15) is 0 Å². The molecule has 0 bridgehead atoms. The zero-order valence-corrected chi connectivity index (χ0v) is 11.3. The van der Waals surface area contributed by atoms with E-state index in [1.165, 1.54) is 36.2 Å². The molecule has 1 heterocycles. The molecule has 1 aliphatic heterocycles. The summed E-state index contributed by atoms with van der Waals surface area (Å²) in [5.74, 6) is 0.771. The van der Waals surface area contributed by atoms with Gasteiger partial charge >= 0.3 is 0 Å². The molecule has 0 fully saturated rings. The largest absolute Gasteiger partial charge is 0.385 e. The lowest BCUT2D eigenvalue weighted by atomic mass is 10.0. The highest BCUT2D eigenvalue weighted by Gasteiger charge is 2.10. The second kappa shape index (κ2) is 5.44. The van der Waals surface area contributed by atoms with Gasteiger partial charge in [0.15, 0.2) is 0 Å². The first-order valence-corrected chi connectivity index (χ1v) is 6.75. The van der Waals surface area contributed by atoms with Crippen molar-refractivity contribution in [2.75, 3.05) is 30.4 Å². The highest BCUT2D eigenvalue weighted by atomic mass is 15.1. The van der Waals surface area contributed by atoms with E-state index >= 15 is 0 Å². The third kappa shape index (κ3) is 3.15. The lowest BCUT2D eigenvalue weighted by Gasteiger charge is -2.24. The van der Waals surface area contributed by atoms with E-state index in [0.717, 1.165) is 19.0 Å². The Hall–Kier alpha value is -1.18. The van der Waals surface area contributed by atoms with Crippen LogP contribution in [0.5, 0.6) is 0 Å². The molecule has 2 rings (SSSR count). The summed E-state index contributed by atoms with van der Waals surface area (Å²) in [5, 5.41) is 3.50. The van der Waals surface area contributed by atoms with E-state index in [4.69, 9.17) is 0 Å². The molecule has 0 aromatic heterocycles. The van der Waals surface area contributed by atoms with E-state index in [-0.39, 0.29) is 0 Å². The van der Waals surface area contributed by atoms with Gasteiger partial charge in [0.1, 0.15) is 0 Å². The van der Waals surface area contributed by atoms with E-state index in [9.17, 15) is 0 Å². The van der Waals surface area contributed by atoms with Crippen LogP contribution in [0.2, 0.25) is 0 Å². The van der Waals surface area contributed by atoms with Gasteiger partial charge in [0, 0.05) is 31.5 Å². The molecule has 1 N–H and O–H groups in total. The van der Waals surface area contributed by atoms with Crippen molar-refractivity contribution in [3.63, 3.8) is 0 Å². The molecule has 1 aliphatic rings. The van der Waals surface area contributed by atoms with Gasteiger partial charge in [0.05, 0.1) is 0 Å². The number of hydrogen-bond acceptors (Lipinski definition) is 2. The van der Waals surface area contributed by atoms with Crippen LogP contribution in [0.1, 0.15) is 32.3 Å². The number of hydrogen-bond donors (Lipinski definition) is 1. The minimum absolute atomic E-state index is 0.771. The molecule has 0 unspecified atom stereocenters. The first kappa shape index (κ1) is 12.3. The molecule has 0 spiro atoms. The van der Waals surface area contributed by atoms with Crippen molar-refractivity contribution >= 4 is 11.4 Å². The van der Waals surface area contributed by atoms with Gasteiger partial charge in [-0.15, -0.1) is 0 Å². The molecule has 0 atom stereocenters. The van der Waals surface area contributed by atoms with Crippen LogP contribution in [0, 0.1) is 5.92 Å². The minimum Gasteiger partial charge on any atom is -0.385 e. The lowest BCUT2D eigenvalue weighted by Crippen LogP contribution is -2.20. The van der Waals surface area contributed by atoms with Gasteiger partial charge in [-0.3, -0.25) is 0 Å². The van der Waals surface area contributed by atoms with Crippen LogP contribution < -0.4 is 10.2 Å². The van der Waals surface area contributed by atoms with E-state index in [0.29, 0.717) is 0 Å². The van der Waals surface area contributed by atoms with Crippen molar-refractivity contribution in [1.82, 2.24) is 0 Å². The summed E-state index contributed by atoms with van der Waals surface area (Å²) in [6.07, 6.45) is 3.73. The first-order chi connectivity index (χ1) is 8.16. The Morgan fingerprint density at radius 1 is 1.35 bits per heavy atom. The fourth-order valence-corrected chi connectivity index (χ4v) is 2.27. The normalized spacial score (nSPS) is 14.4. The Labute approximate surface area is 105 Å². The second-order valence-corrected chi connectivity index (χ2v) is 5.48. The van der Waals surface area contributed by atoms with E-state index in [1.807, 2.05) is 0 Å². The fourth-order valence-electron chi connectivity index (χ4n) is 2.27. The van der Waals surface area contributed by atoms with Gasteiger partial charge in [0.2, 0.25) is 0 Å². The maximum Gasteiger partial charge on any atom is 0.0393 e. The Balaban J connectivity index is 2.05. The number of fused-ring (bicyclic) bond motifs is 1. The standard InChI is InChI=1S/C15H24N2/c1-12(2)8-10-17(3)14-7-6-13-5-4-9-16-15(13)11-14/h6-7,11-12,16H,4-5,8-10H2,1-3H3. The summed E-state index contributed by atoms with van der Waals surface area (Å²) in [7, 11) is 2.19. The smallest absolute Gasteiger partial charge is 0.0393 e. The maximum atomic E-state index is 3.50. The number of nitrogens with zero attached hydrogens (tertiary/aromatic N) is 1. The monoisotopic (exact) mass is 232 g/mol. The Bertz CT molecular complexity index is 371. The average Bonchev–Trinajstić information content (AvgIpc) is 2.35. The highest BCUT2D eigenvalue weighted by Crippen LogP contribution is 2.27. The Morgan fingerprint density at radius 3 is 2.94 bits per heavy atom. The van der Waals surface area contributed by atoms with Crippen LogP contribution in [-0.2, 0) is 6.42 Å². The molecule has 0 radical (unpaired) electrons. The quantitative estimate of drug-likeness (QED) is 0.854. The van der Waals surface area contributed by atoms with E-state index in [1.54, 1.807) is 0 Å². The Kier molecular flexibility index (Phi) is 3.93. The molecule has 17 heavy (non-hydrogen) atoms. The van der Waals surface area contributed by atoms with Crippen molar-refractivity contribution in [3.8, 4) is 0 Å². The van der Waals surface area contributed by atoms with Crippen molar-refractivity contribution in [1.29, 1.82) is 0 Å². The third-order valence-corrected chi connectivity index (χ3v) is 3.51. The van der Waals surface area contributed by atoms with Crippen molar-refractivity contribution < 1.29 is 0 Å². The fraction of sp³-hybridized carbons (Fsp3) is 0.600. The van der Waals surface area contributed by atoms with E-state index in [2.05, 4.69) is 49.3 Å². The van der Waals surface area contributed by atoms with Crippen molar-refractivity contribution in [2.45, 2.75) is 33.1 Å². The zero-order chi connectivity index (χ0) is 12.3. The summed E-state index contributed by atoms with van der Waals surface area (Å²) >= 11 is 0. The maximum absolute atomic E-state index is 3.50. The molecule has 2 heteroatoms. The molecule has 1 aromatic rings. The van der Waals surface area contributed by atoms with Crippen LogP contribution in [0.15, 0.2) is 18.2 Å². The number of anilines is 2. The van der Waals surface area contributed by atoms with Gasteiger partial charge in [0.25, 0.3) is 0 Å². The van der Waals surface area contributed by atoms with Crippen LogP contribution >= 0.6 is 0 Å². The van der Waals surface area contributed by atoms with Crippen molar-refractivity contribution in [3.05, 3.63) is 23.8 Å². The summed E-state index contributed by atoms with van der Waals surface area (Å²) in [4.78, 5) is 2.36. The van der Waals surface area contributed by atoms with Gasteiger partial charge in [-0.1, -0.05) is 19.9 Å². The first-order valence-electron chi connectivity index (χ1n) is 6.75. The predicted molar refractivity (Wildman–Crippen MR) is 76.0 cm³/mol. The minimum atomic E-state index is 0.771. The molecular weight excluding hydrogens is 208 g/mol. The number of rotatable bonds is 4. The lowest BCUT2D eigenvalue weighted by molar-refractivity contribution is 0.585. The van der Waals surface area contributed by atoms with Gasteiger partial charge < -0.3 is 10.2 Å². The number of nitrogens with one attached hydrogen (secondary N) is 1. The molecule has 1 aromatic carbocycles. The van der Waals surface area contributed by atoms with Crippen LogP contribution in [0.3, 0.4) is 0 Å². The molecule has 0 aliphatic carbocycles. The summed E-state index contributed by atoms with van der Waals surface area (Å²) in [5.41, 5.74) is 4.14.